The summed E-state index contributed by atoms with van der Waals surface area (Å²) in [7, 11) is 0. The maximum absolute atomic E-state index is 11.1. The number of nitrogens with two attached hydrogens (primary N) is 1. The lowest BCUT2D eigenvalue weighted by atomic mass is 10.2. The lowest BCUT2D eigenvalue weighted by molar-refractivity contribution is 0.0694. The second kappa shape index (κ2) is 4.98. The van der Waals surface area contributed by atoms with Crippen molar-refractivity contribution in [1.82, 2.24) is 0 Å². The fourth-order valence-corrected chi connectivity index (χ4v) is 1.56. The highest BCUT2D eigenvalue weighted by Crippen LogP contribution is 2.27. The standard InChI is InChI=1S/C13H10ClNO3/c14-8-1-4-10(5-2-8)18-12-6-3-9(15)7-11(12)13(16)17/h1-7H,15H2,(H,16,17). The van der Waals surface area contributed by atoms with Crippen molar-refractivity contribution in [3.63, 3.8) is 0 Å². The molecule has 0 aliphatic rings. The summed E-state index contributed by atoms with van der Waals surface area (Å²) in [4.78, 5) is 11.1. The number of nitrogen functional groups attached to an aromatic ring is 1. The first-order chi connectivity index (χ1) is 8.56. The van der Waals surface area contributed by atoms with Crippen LogP contribution in [0.5, 0.6) is 11.5 Å². The highest BCUT2D eigenvalue weighted by molar-refractivity contribution is 6.30. The Hall–Kier alpha value is -2.20. The first-order valence-electron chi connectivity index (χ1n) is 5.12. The Bertz CT molecular complexity index is 581. The van der Waals surface area contributed by atoms with Crippen molar-refractivity contribution in [3.8, 4) is 11.5 Å². The zero-order valence-electron chi connectivity index (χ0n) is 9.26. The number of rotatable bonds is 3. The summed E-state index contributed by atoms with van der Waals surface area (Å²) >= 11 is 5.75. The molecular formula is C13H10ClNO3. The molecule has 92 valence electrons. The largest absolute Gasteiger partial charge is 0.478 e. The molecule has 0 aliphatic heterocycles. The zero-order valence-corrected chi connectivity index (χ0v) is 10.0. The van der Waals surface area contributed by atoms with Gasteiger partial charge in [0.15, 0.2) is 0 Å². The van der Waals surface area contributed by atoms with E-state index in [0.717, 1.165) is 0 Å². The van der Waals surface area contributed by atoms with E-state index in [-0.39, 0.29) is 11.3 Å². The van der Waals surface area contributed by atoms with Gasteiger partial charge in [0.25, 0.3) is 0 Å². The van der Waals surface area contributed by atoms with E-state index < -0.39 is 5.97 Å². The monoisotopic (exact) mass is 263 g/mol. The normalized spacial score (nSPS) is 10.1. The van der Waals surface area contributed by atoms with Crippen LogP contribution in [0.15, 0.2) is 42.5 Å². The Labute approximate surface area is 109 Å². The van der Waals surface area contributed by atoms with Gasteiger partial charge in [-0.15, -0.1) is 0 Å². The van der Waals surface area contributed by atoms with Crippen molar-refractivity contribution in [1.29, 1.82) is 0 Å². The fraction of sp³-hybridized carbons (Fsp3) is 0. The van der Waals surface area contributed by atoms with Crippen LogP contribution in [0.1, 0.15) is 10.4 Å². The Morgan fingerprint density at radius 3 is 2.44 bits per heavy atom. The molecule has 0 unspecified atom stereocenters. The summed E-state index contributed by atoms with van der Waals surface area (Å²) in [5, 5.41) is 9.64. The quantitative estimate of drug-likeness (QED) is 0.833. The third-order valence-electron chi connectivity index (χ3n) is 2.28. The number of carboxylic acid groups (broad SMARTS) is 1. The molecule has 2 aromatic rings. The molecule has 0 aliphatic carbocycles. The molecule has 0 aromatic heterocycles. The minimum absolute atomic E-state index is 0.0185. The molecule has 0 saturated heterocycles. The summed E-state index contributed by atoms with van der Waals surface area (Å²) < 4.78 is 5.49. The number of aromatic carboxylic acids is 1. The summed E-state index contributed by atoms with van der Waals surface area (Å²) in [6, 6.07) is 11.1. The molecule has 0 fully saturated rings. The fourth-order valence-electron chi connectivity index (χ4n) is 1.43. The Morgan fingerprint density at radius 2 is 1.83 bits per heavy atom. The average molecular weight is 264 g/mol. The maximum atomic E-state index is 11.1. The van der Waals surface area contributed by atoms with Crippen molar-refractivity contribution in [2.24, 2.45) is 0 Å². The van der Waals surface area contributed by atoms with Crippen molar-refractivity contribution in [3.05, 3.63) is 53.1 Å². The van der Waals surface area contributed by atoms with Gasteiger partial charge in [-0.25, -0.2) is 4.79 Å². The van der Waals surface area contributed by atoms with Crippen LogP contribution >= 0.6 is 11.6 Å². The minimum atomic E-state index is -1.09. The number of benzene rings is 2. The first kappa shape index (κ1) is 12.3. The van der Waals surface area contributed by atoms with Crippen molar-refractivity contribution in [2.45, 2.75) is 0 Å². The number of halogens is 1. The number of carbonyl (C=O) groups is 1. The van der Waals surface area contributed by atoms with Crippen LogP contribution in [-0.2, 0) is 0 Å². The van der Waals surface area contributed by atoms with E-state index in [1.54, 1.807) is 30.3 Å². The van der Waals surface area contributed by atoms with E-state index in [2.05, 4.69) is 0 Å². The predicted octanol–water partition coefficient (Wildman–Crippen LogP) is 3.41. The molecule has 4 nitrogen and oxygen atoms in total. The zero-order chi connectivity index (χ0) is 13.1. The highest BCUT2D eigenvalue weighted by Gasteiger charge is 2.12. The third-order valence-corrected chi connectivity index (χ3v) is 2.53. The predicted molar refractivity (Wildman–Crippen MR) is 69.3 cm³/mol. The molecule has 0 radical (unpaired) electrons. The van der Waals surface area contributed by atoms with Crippen LogP contribution < -0.4 is 10.5 Å². The van der Waals surface area contributed by atoms with Gasteiger partial charge in [0.1, 0.15) is 17.1 Å². The highest BCUT2D eigenvalue weighted by atomic mass is 35.5. The molecule has 0 amide bonds. The molecule has 0 heterocycles. The van der Waals surface area contributed by atoms with Gasteiger partial charge in [-0.2, -0.15) is 0 Å². The molecule has 18 heavy (non-hydrogen) atoms. The van der Waals surface area contributed by atoms with Crippen LogP contribution in [-0.4, -0.2) is 11.1 Å². The van der Waals surface area contributed by atoms with E-state index in [4.69, 9.17) is 27.2 Å². The van der Waals surface area contributed by atoms with Gasteiger partial charge in [-0.1, -0.05) is 11.6 Å². The number of carboxylic acids is 1. The summed E-state index contributed by atoms with van der Waals surface area (Å²) in [6.45, 7) is 0. The second-order valence-corrected chi connectivity index (χ2v) is 4.05. The second-order valence-electron chi connectivity index (χ2n) is 3.62. The number of hydrogen-bond acceptors (Lipinski definition) is 3. The smallest absolute Gasteiger partial charge is 0.339 e. The maximum Gasteiger partial charge on any atom is 0.339 e. The van der Waals surface area contributed by atoms with Crippen molar-refractivity contribution >= 4 is 23.3 Å². The minimum Gasteiger partial charge on any atom is -0.478 e. The van der Waals surface area contributed by atoms with E-state index in [0.29, 0.717) is 16.5 Å². The summed E-state index contributed by atoms with van der Waals surface area (Å²) in [5.41, 5.74) is 5.93. The molecule has 0 atom stereocenters. The van der Waals surface area contributed by atoms with Gasteiger partial charge >= 0.3 is 5.97 Å². The Kier molecular flexibility index (Phi) is 3.39. The summed E-state index contributed by atoms with van der Waals surface area (Å²) in [6.07, 6.45) is 0. The lowest BCUT2D eigenvalue weighted by Crippen LogP contribution is -2.01. The van der Waals surface area contributed by atoms with E-state index in [1.807, 2.05) is 0 Å². The van der Waals surface area contributed by atoms with Crippen molar-refractivity contribution in [2.75, 3.05) is 5.73 Å². The van der Waals surface area contributed by atoms with Crippen LogP contribution in [0.2, 0.25) is 5.02 Å². The van der Waals surface area contributed by atoms with E-state index >= 15 is 0 Å². The molecule has 0 bridgehead atoms. The van der Waals surface area contributed by atoms with Gasteiger partial charge in [0, 0.05) is 10.7 Å². The number of ether oxygens (including phenoxy) is 1. The van der Waals surface area contributed by atoms with Gasteiger partial charge in [0.2, 0.25) is 0 Å². The first-order valence-corrected chi connectivity index (χ1v) is 5.50. The van der Waals surface area contributed by atoms with Gasteiger partial charge in [-0.05, 0) is 42.5 Å². The van der Waals surface area contributed by atoms with Crippen LogP contribution in [0.4, 0.5) is 5.69 Å². The lowest BCUT2D eigenvalue weighted by Gasteiger charge is -2.09. The van der Waals surface area contributed by atoms with Crippen LogP contribution in [0.3, 0.4) is 0 Å². The van der Waals surface area contributed by atoms with Crippen molar-refractivity contribution < 1.29 is 14.6 Å². The molecule has 0 spiro atoms. The number of hydrogen-bond donors (Lipinski definition) is 2. The summed E-state index contributed by atoms with van der Waals surface area (Å²) in [5.74, 6) is -0.350. The topological polar surface area (TPSA) is 72.5 Å². The van der Waals surface area contributed by atoms with Crippen LogP contribution in [0, 0.1) is 0 Å². The Morgan fingerprint density at radius 1 is 1.17 bits per heavy atom. The number of anilines is 1. The average Bonchev–Trinajstić information content (AvgIpc) is 2.34. The van der Waals surface area contributed by atoms with E-state index in [1.165, 1.54) is 12.1 Å². The molecule has 2 aromatic carbocycles. The molecular weight excluding hydrogens is 254 g/mol. The molecule has 2 rings (SSSR count). The van der Waals surface area contributed by atoms with Gasteiger partial charge in [-0.3, -0.25) is 0 Å². The van der Waals surface area contributed by atoms with Crippen LogP contribution in [0.25, 0.3) is 0 Å². The Balaban J connectivity index is 2.34. The SMILES string of the molecule is Nc1ccc(Oc2ccc(Cl)cc2)c(C(=O)O)c1. The van der Waals surface area contributed by atoms with Gasteiger partial charge in [0.05, 0.1) is 0 Å². The van der Waals surface area contributed by atoms with Gasteiger partial charge < -0.3 is 15.6 Å². The molecule has 0 saturated carbocycles. The molecule has 3 N–H and O–H groups in total. The molecule has 5 heteroatoms. The third kappa shape index (κ3) is 2.73. The van der Waals surface area contributed by atoms with E-state index in [9.17, 15) is 4.79 Å².